The Hall–Kier alpha value is -2.35. The summed E-state index contributed by atoms with van der Waals surface area (Å²) < 4.78 is 28.2. The topological polar surface area (TPSA) is 110 Å². The standard InChI is InChI=1S/C15H19NO6S/c1-4-5-6-12(15(18)19)16-14(17)11-9-10(23(3,20)21)7-8-13(11)22-2/h4-5,7-9,12H,6H2,1-3H3,(H,16,17)(H,18,19)/b5-4+. The summed E-state index contributed by atoms with van der Waals surface area (Å²) in [5.41, 5.74) is -0.0397. The molecule has 0 heterocycles. The van der Waals surface area contributed by atoms with Crippen molar-refractivity contribution in [1.29, 1.82) is 0 Å². The number of rotatable bonds is 7. The van der Waals surface area contributed by atoms with Gasteiger partial charge >= 0.3 is 5.97 Å². The van der Waals surface area contributed by atoms with Crippen molar-refractivity contribution in [2.24, 2.45) is 0 Å². The van der Waals surface area contributed by atoms with E-state index in [0.717, 1.165) is 12.3 Å². The molecule has 7 nitrogen and oxygen atoms in total. The third kappa shape index (κ3) is 5.10. The number of benzene rings is 1. The Morgan fingerprint density at radius 3 is 2.52 bits per heavy atom. The number of carboxylic acids is 1. The van der Waals surface area contributed by atoms with E-state index in [9.17, 15) is 18.0 Å². The van der Waals surface area contributed by atoms with Gasteiger partial charge in [0.2, 0.25) is 0 Å². The second-order valence-corrected chi connectivity index (χ2v) is 6.82. The fraction of sp³-hybridized carbons (Fsp3) is 0.333. The number of methoxy groups -OCH3 is 1. The molecule has 0 spiro atoms. The highest BCUT2D eigenvalue weighted by molar-refractivity contribution is 7.90. The van der Waals surface area contributed by atoms with Crippen molar-refractivity contribution in [3.63, 3.8) is 0 Å². The quantitative estimate of drug-likeness (QED) is 0.722. The van der Waals surface area contributed by atoms with Crippen molar-refractivity contribution in [3.05, 3.63) is 35.9 Å². The highest BCUT2D eigenvalue weighted by Crippen LogP contribution is 2.22. The van der Waals surface area contributed by atoms with E-state index in [-0.39, 0.29) is 22.6 Å². The molecule has 0 aliphatic carbocycles. The van der Waals surface area contributed by atoms with Crippen LogP contribution >= 0.6 is 0 Å². The average molecular weight is 341 g/mol. The van der Waals surface area contributed by atoms with Crippen molar-refractivity contribution >= 4 is 21.7 Å². The van der Waals surface area contributed by atoms with Crippen molar-refractivity contribution < 1.29 is 27.9 Å². The molecule has 8 heteroatoms. The van der Waals surface area contributed by atoms with E-state index < -0.39 is 27.8 Å². The zero-order chi connectivity index (χ0) is 17.6. The number of amides is 1. The molecule has 0 bridgehead atoms. The first-order valence-electron chi connectivity index (χ1n) is 6.73. The minimum absolute atomic E-state index is 0.0397. The number of aliphatic carboxylic acids is 1. The predicted octanol–water partition coefficient (Wildman–Crippen LogP) is 1.25. The Kier molecular flexibility index (Phi) is 6.32. The molecule has 0 saturated heterocycles. The molecular weight excluding hydrogens is 322 g/mol. The molecule has 1 unspecified atom stereocenters. The van der Waals surface area contributed by atoms with Crippen LogP contribution in [0.4, 0.5) is 0 Å². The van der Waals surface area contributed by atoms with Gasteiger partial charge in [-0.3, -0.25) is 4.79 Å². The average Bonchev–Trinajstić information content (AvgIpc) is 2.49. The first kappa shape index (κ1) is 18.7. The largest absolute Gasteiger partial charge is 0.496 e. The van der Waals surface area contributed by atoms with Crippen LogP contribution in [0.3, 0.4) is 0 Å². The number of hydrogen-bond acceptors (Lipinski definition) is 5. The SMILES string of the molecule is C/C=C/CC(NC(=O)c1cc(S(C)(=O)=O)ccc1OC)C(=O)O. The number of nitrogens with one attached hydrogen (secondary N) is 1. The Bertz CT molecular complexity index is 723. The molecule has 0 saturated carbocycles. The number of sulfone groups is 1. The van der Waals surface area contributed by atoms with E-state index >= 15 is 0 Å². The summed E-state index contributed by atoms with van der Waals surface area (Å²) in [7, 11) is -2.17. The van der Waals surface area contributed by atoms with Crippen LogP contribution < -0.4 is 10.1 Å². The molecule has 0 aliphatic heterocycles. The summed E-state index contributed by atoms with van der Waals surface area (Å²) in [6.07, 6.45) is 4.42. The van der Waals surface area contributed by atoms with Gasteiger partial charge in [-0.25, -0.2) is 13.2 Å². The maximum Gasteiger partial charge on any atom is 0.326 e. The van der Waals surface area contributed by atoms with Gasteiger partial charge in [-0.05, 0) is 31.5 Å². The van der Waals surface area contributed by atoms with Crippen LogP contribution in [0.2, 0.25) is 0 Å². The number of ether oxygens (including phenoxy) is 1. The monoisotopic (exact) mass is 341 g/mol. The van der Waals surface area contributed by atoms with Crippen LogP contribution in [-0.4, -0.2) is 44.8 Å². The lowest BCUT2D eigenvalue weighted by Gasteiger charge is -2.15. The maximum atomic E-state index is 12.3. The normalized spacial score (nSPS) is 12.8. The van der Waals surface area contributed by atoms with Crippen LogP contribution in [0, 0.1) is 0 Å². The van der Waals surface area contributed by atoms with Crippen LogP contribution in [-0.2, 0) is 14.6 Å². The number of hydrogen-bond donors (Lipinski definition) is 2. The number of carbonyl (C=O) groups excluding carboxylic acids is 1. The zero-order valence-corrected chi connectivity index (χ0v) is 13.9. The predicted molar refractivity (Wildman–Crippen MR) is 84.4 cm³/mol. The van der Waals surface area contributed by atoms with Crippen LogP contribution in [0.15, 0.2) is 35.2 Å². The Morgan fingerprint density at radius 2 is 2.04 bits per heavy atom. The molecule has 0 aliphatic rings. The molecule has 23 heavy (non-hydrogen) atoms. The first-order valence-corrected chi connectivity index (χ1v) is 8.62. The van der Waals surface area contributed by atoms with Gasteiger partial charge in [0.25, 0.3) is 5.91 Å². The summed E-state index contributed by atoms with van der Waals surface area (Å²) in [5.74, 6) is -1.75. The third-order valence-electron chi connectivity index (χ3n) is 3.05. The minimum Gasteiger partial charge on any atom is -0.496 e. The van der Waals surface area contributed by atoms with Crippen molar-refractivity contribution in [2.75, 3.05) is 13.4 Å². The molecule has 1 atom stereocenters. The molecule has 1 aromatic carbocycles. The van der Waals surface area contributed by atoms with Crippen molar-refractivity contribution in [3.8, 4) is 5.75 Å². The number of carboxylic acid groups (broad SMARTS) is 1. The van der Waals surface area contributed by atoms with E-state index in [1.54, 1.807) is 19.1 Å². The van der Waals surface area contributed by atoms with Gasteiger partial charge in [0.15, 0.2) is 9.84 Å². The summed E-state index contributed by atoms with van der Waals surface area (Å²) in [6.45, 7) is 1.74. The lowest BCUT2D eigenvalue weighted by atomic mass is 10.1. The second kappa shape index (κ2) is 7.77. The van der Waals surface area contributed by atoms with Gasteiger partial charge < -0.3 is 15.2 Å². The van der Waals surface area contributed by atoms with Crippen molar-refractivity contribution in [1.82, 2.24) is 5.32 Å². The minimum atomic E-state index is -3.51. The molecule has 0 fully saturated rings. The molecule has 1 aromatic rings. The smallest absolute Gasteiger partial charge is 0.326 e. The molecule has 0 radical (unpaired) electrons. The van der Waals surface area contributed by atoms with E-state index in [0.29, 0.717) is 0 Å². The van der Waals surface area contributed by atoms with Gasteiger partial charge in [0, 0.05) is 6.26 Å². The highest BCUT2D eigenvalue weighted by atomic mass is 32.2. The van der Waals surface area contributed by atoms with E-state index in [1.165, 1.54) is 19.2 Å². The first-order chi connectivity index (χ1) is 10.7. The van der Waals surface area contributed by atoms with Crippen LogP contribution in [0.1, 0.15) is 23.7 Å². The molecule has 1 rings (SSSR count). The fourth-order valence-corrected chi connectivity index (χ4v) is 2.47. The van der Waals surface area contributed by atoms with Gasteiger partial charge in [-0.1, -0.05) is 12.2 Å². The number of allylic oxidation sites excluding steroid dienone is 1. The summed E-state index contributed by atoms with van der Waals surface area (Å²) in [6, 6.07) is 2.72. The molecular formula is C15H19NO6S. The maximum absolute atomic E-state index is 12.3. The number of carbonyl (C=O) groups is 2. The molecule has 0 aromatic heterocycles. The summed E-state index contributed by atoms with van der Waals surface area (Å²) in [4.78, 5) is 23.4. The third-order valence-corrected chi connectivity index (χ3v) is 4.16. The van der Waals surface area contributed by atoms with Gasteiger partial charge in [-0.2, -0.15) is 0 Å². The van der Waals surface area contributed by atoms with Gasteiger partial charge in [-0.15, -0.1) is 0 Å². The zero-order valence-electron chi connectivity index (χ0n) is 13.1. The van der Waals surface area contributed by atoms with E-state index in [2.05, 4.69) is 5.32 Å². The van der Waals surface area contributed by atoms with Crippen LogP contribution in [0.5, 0.6) is 5.75 Å². The Balaban J connectivity index is 3.17. The van der Waals surface area contributed by atoms with Crippen LogP contribution in [0.25, 0.3) is 0 Å². The lowest BCUT2D eigenvalue weighted by molar-refractivity contribution is -0.139. The Morgan fingerprint density at radius 1 is 1.39 bits per heavy atom. The lowest BCUT2D eigenvalue weighted by Crippen LogP contribution is -2.40. The summed E-state index contributed by atoms with van der Waals surface area (Å²) in [5, 5.41) is 11.5. The summed E-state index contributed by atoms with van der Waals surface area (Å²) >= 11 is 0. The molecule has 2 N–H and O–H groups in total. The van der Waals surface area contributed by atoms with Crippen molar-refractivity contribution in [2.45, 2.75) is 24.3 Å². The van der Waals surface area contributed by atoms with Gasteiger partial charge in [0.05, 0.1) is 17.6 Å². The van der Waals surface area contributed by atoms with E-state index in [4.69, 9.17) is 9.84 Å². The molecule has 1 amide bonds. The Labute approximate surface area is 134 Å². The second-order valence-electron chi connectivity index (χ2n) is 4.80. The fourth-order valence-electron chi connectivity index (χ4n) is 1.82. The molecule has 126 valence electrons. The highest BCUT2D eigenvalue weighted by Gasteiger charge is 2.22. The van der Waals surface area contributed by atoms with Gasteiger partial charge in [0.1, 0.15) is 11.8 Å². The van der Waals surface area contributed by atoms with E-state index in [1.807, 2.05) is 0 Å².